The van der Waals surface area contributed by atoms with Gasteiger partial charge in [0.25, 0.3) is 11.8 Å². The van der Waals surface area contributed by atoms with Gasteiger partial charge in [-0.05, 0) is 60.7 Å². The first-order valence-electron chi connectivity index (χ1n) is 10.3. The highest BCUT2D eigenvalue weighted by molar-refractivity contribution is 6.04. The topological polar surface area (TPSA) is 94.5 Å². The molecule has 0 unspecified atom stereocenters. The van der Waals surface area contributed by atoms with Crippen molar-refractivity contribution in [3.05, 3.63) is 96.6 Å². The normalized spacial score (nSPS) is 10.4. The number of amides is 2. The second-order valence-corrected chi connectivity index (χ2v) is 7.16. The lowest BCUT2D eigenvalue weighted by atomic mass is 10.2. The minimum atomic E-state index is -0.516. The molecule has 8 nitrogen and oxygen atoms in total. The van der Waals surface area contributed by atoms with Crippen molar-refractivity contribution in [2.45, 2.75) is 0 Å². The van der Waals surface area contributed by atoms with Crippen LogP contribution < -0.4 is 20.1 Å². The number of nitrogens with zero attached hydrogens (tertiary/aromatic N) is 2. The van der Waals surface area contributed by atoms with Gasteiger partial charge in [-0.1, -0.05) is 6.07 Å². The van der Waals surface area contributed by atoms with Gasteiger partial charge in [0.1, 0.15) is 17.2 Å². The first-order valence-corrected chi connectivity index (χ1v) is 10.3. The zero-order valence-corrected chi connectivity index (χ0v) is 18.2. The Morgan fingerprint density at radius 1 is 0.941 bits per heavy atom. The summed E-state index contributed by atoms with van der Waals surface area (Å²) in [6.45, 7) is -0.204. The Balaban J connectivity index is 1.31. The molecule has 0 aliphatic rings. The molecule has 1 aromatic heterocycles. The van der Waals surface area contributed by atoms with Gasteiger partial charge in [0, 0.05) is 35.4 Å². The number of anilines is 2. The van der Waals surface area contributed by atoms with E-state index in [9.17, 15) is 14.0 Å². The number of hydrogen-bond acceptors (Lipinski definition) is 5. The lowest BCUT2D eigenvalue weighted by Crippen LogP contribution is -2.20. The predicted octanol–water partition coefficient (Wildman–Crippen LogP) is 4.29. The number of carbonyl (C=O) groups is 2. The second kappa shape index (κ2) is 10.3. The third kappa shape index (κ3) is 5.57. The number of nitrogens with one attached hydrogen (secondary N) is 2. The zero-order chi connectivity index (χ0) is 23.9. The molecule has 9 heteroatoms. The standard InChI is InChI=1S/C25H21FN4O4/c1-33-21-5-2-4-18(14-21)28-24(31)16-34-20-9-6-17(7-10-20)25(32)29-19-8-11-23(22(26)15-19)30-13-3-12-27-30/h2-15H,16H2,1H3,(H,28,31)(H,29,32). The summed E-state index contributed by atoms with van der Waals surface area (Å²) in [6.07, 6.45) is 3.18. The van der Waals surface area contributed by atoms with Crippen LogP contribution in [0.5, 0.6) is 11.5 Å². The number of benzene rings is 3. The van der Waals surface area contributed by atoms with Crippen molar-refractivity contribution in [2.24, 2.45) is 0 Å². The first-order chi connectivity index (χ1) is 16.5. The summed E-state index contributed by atoms with van der Waals surface area (Å²) in [5.74, 6) is -0.210. The lowest BCUT2D eigenvalue weighted by Gasteiger charge is -2.10. The molecule has 3 aromatic carbocycles. The van der Waals surface area contributed by atoms with Crippen LogP contribution in [0.2, 0.25) is 0 Å². The van der Waals surface area contributed by atoms with Gasteiger partial charge in [-0.3, -0.25) is 9.59 Å². The summed E-state index contributed by atoms with van der Waals surface area (Å²) in [7, 11) is 1.55. The third-order valence-electron chi connectivity index (χ3n) is 4.80. The van der Waals surface area contributed by atoms with Crippen LogP contribution in [0.15, 0.2) is 85.2 Å². The molecular weight excluding hydrogens is 439 g/mol. The van der Waals surface area contributed by atoms with E-state index in [1.54, 1.807) is 80.2 Å². The Hall–Kier alpha value is -4.66. The second-order valence-electron chi connectivity index (χ2n) is 7.16. The van der Waals surface area contributed by atoms with Crippen molar-refractivity contribution in [3.63, 3.8) is 0 Å². The van der Waals surface area contributed by atoms with Crippen LogP contribution in [0, 0.1) is 5.82 Å². The maximum absolute atomic E-state index is 14.4. The molecule has 0 aliphatic heterocycles. The number of ether oxygens (including phenoxy) is 2. The summed E-state index contributed by atoms with van der Waals surface area (Å²) in [5.41, 5.74) is 1.53. The Morgan fingerprint density at radius 2 is 1.74 bits per heavy atom. The fourth-order valence-corrected chi connectivity index (χ4v) is 3.13. The van der Waals surface area contributed by atoms with Gasteiger partial charge in [0.15, 0.2) is 12.4 Å². The molecule has 2 amide bonds. The third-order valence-corrected chi connectivity index (χ3v) is 4.80. The van der Waals surface area contributed by atoms with E-state index >= 15 is 0 Å². The van der Waals surface area contributed by atoms with Crippen LogP contribution in [0.4, 0.5) is 15.8 Å². The van der Waals surface area contributed by atoms with Gasteiger partial charge >= 0.3 is 0 Å². The molecule has 1 heterocycles. The SMILES string of the molecule is COc1cccc(NC(=O)COc2ccc(C(=O)Nc3ccc(-n4cccn4)c(F)c3)cc2)c1. The van der Waals surface area contributed by atoms with Gasteiger partial charge < -0.3 is 20.1 Å². The summed E-state index contributed by atoms with van der Waals surface area (Å²) in [5, 5.41) is 9.37. The molecule has 2 N–H and O–H groups in total. The van der Waals surface area contributed by atoms with Gasteiger partial charge in [-0.25, -0.2) is 9.07 Å². The molecular formula is C25H21FN4O4. The largest absolute Gasteiger partial charge is 0.497 e. The van der Waals surface area contributed by atoms with E-state index in [0.29, 0.717) is 28.4 Å². The highest BCUT2D eigenvalue weighted by Gasteiger charge is 2.11. The Morgan fingerprint density at radius 3 is 2.44 bits per heavy atom. The minimum absolute atomic E-state index is 0.204. The van der Waals surface area contributed by atoms with Crippen molar-refractivity contribution in [2.75, 3.05) is 24.4 Å². The molecule has 0 saturated carbocycles. The Labute approximate surface area is 194 Å². The van der Waals surface area contributed by atoms with Crippen molar-refractivity contribution < 1.29 is 23.5 Å². The fourth-order valence-electron chi connectivity index (χ4n) is 3.13. The number of rotatable bonds is 8. The molecule has 0 saturated heterocycles. The molecule has 4 rings (SSSR count). The summed E-state index contributed by atoms with van der Waals surface area (Å²) >= 11 is 0. The maximum atomic E-state index is 14.4. The molecule has 0 fully saturated rings. The van der Waals surface area contributed by atoms with Crippen LogP contribution in [-0.2, 0) is 4.79 Å². The Bertz CT molecular complexity index is 1290. The van der Waals surface area contributed by atoms with E-state index in [0.717, 1.165) is 0 Å². The van der Waals surface area contributed by atoms with E-state index in [4.69, 9.17) is 9.47 Å². The quantitative estimate of drug-likeness (QED) is 0.409. The summed E-state index contributed by atoms with van der Waals surface area (Å²) in [6, 6.07) is 19.3. The van der Waals surface area contributed by atoms with Crippen LogP contribution in [0.3, 0.4) is 0 Å². The van der Waals surface area contributed by atoms with Crippen molar-refractivity contribution in [1.29, 1.82) is 0 Å². The van der Waals surface area contributed by atoms with Gasteiger partial charge in [0.05, 0.1) is 7.11 Å². The van der Waals surface area contributed by atoms with Crippen LogP contribution in [0.1, 0.15) is 10.4 Å². The molecule has 0 aliphatic carbocycles. The number of methoxy groups -OCH3 is 1. The number of halogens is 1. The number of carbonyl (C=O) groups excluding carboxylic acids is 2. The number of hydrogen-bond donors (Lipinski definition) is 2. The molecule has 34 heavy (non-hydrogen) atoms. The molecule has 0 spiro atoms. The van der Waals surface area contributed by atoms with E-state index in [1.807, 2.05) is 0 Å². The molecule has 0 radical (unpaired) electrons. The average molecular weight is 460 g/mol. The lowest BCUT2D eigenvalue weighted by molar-refractivity contribution is -0.118. The fraction of sp³-hybridized carbons (Fsp3) is 0.0800. The summed E-state index contributed by atoms with van der Waals surface area (Å²) in [4.78, 5) is 24.6. The Kier molecular flexibility index (Phi) is 6.83. The first kappa shape index (κ1) is 22.5. The smallest absolute Gasteiger partial charge is 0.262 e. The monoisotopic (exact) mass is 460 g/mol. The van der Waals surface area contributed by atoms with Crippen molar-refractivity contribution >= 4 is 23.2 Å². The molecule has 0 atom stereocenters. The molecule has 0 bridgehead atoms. The molecule has 4 aromatic rings. The van der Waals surface area contributed by atoms with Crippen molar-refractivity contribution in [3.8, 4) is 17.2 Å². The highest BCUT2D eigenvalue weighted by Crippen LogP contribution is 2.20. The van der Waals surface area contributed by atoms with Gasteiger partial charge in [-0.15, -0.1) is 0 Å². The number of aromatic nitrogens is 2. The maximum Gasteiger partial charge on any atom is 0.262 e. The minimum Gasteiger partial charge on any atom is -0.497 e. The van der Waals surface area contributed by atoms with E-state index in [2.05, 4.69) is 15.7 Å². The van der Waals surface area contributed by atoms with Crippen LogP contribution in [0.25, 0.3) is 5.69 Å². The van der Waals surface area contributed by atoms with Gasteiger partial charge in [-0.2, -0.15) is 5.10 Å². The van der Waals surface area contributed by atoms with Gasteiger partial charge in [0.2, 0.25) is 0 Å². The van der Waals surface area contributed by atoms with E-state index < -0.39 is 11.7 Å². The summed E-state index contributed by atoms with van der Waals surface area (Å²) < 4.78 is 26.4. The van der Waals surface area contributed by atoms with E-state index in [-0.39, 0.29) is 18.2 Å². The van der Waals surface area contributed by atoms with Crippen molar-refractivity contribution in [1.82, 2.24) is 9.78 Å². The average Bonchev–Trinajstić information content (AvgIpc) is 3.38. The highest BCUT2D eigenvalue weighted by atomic mass is 19.1. The van der Waals surface area contributed by atoms with Crippen LogP contribution in [-0.4, -0.2) is 35.3 Å². The molecule has 172 valence electrons. The van der Waals surface area contributed by atoms with Crippen LogP contribution >= 0.6 is 0 Å². The van der Waals surface area contributed by atoms with E-state index in [1.165, 1.54) is 16.8 Å². The zero-order valence-electron chi connectivity index (χ0n) is 18.2. The predicted molar refractivity (Wildman–Crippen MR) is 125 cm³/mol.